The maximum Gasteiger partial charge on any atom is 0.243 e. The maximum absolute atomic E-state index is 11.9. The summed E-state index contributed by atoms with van der Waals surface area (Å²) in [6.07, 6.45) is 14.9. The highest BCUT2D eigenvalue weighted by Crippen LogP contribution is 2.27. The summed E-state index contributed by atoms with van der Waals surface area (Å²) < 4.78 is 10.5. The molecule has 4 nitrogen and oxygen atoms in total. The minimum atomic E-state index is -0.0562. The zero-order valence-corrected chi connectivity index (χ0v) is 16.7. The Bertz CT molecular complexity index is 540. The lowest BCUT2D eigenvalue weighted by Gasteiger charge is -2.07. The summed E-state index contributed by atoms with van der Waals surface area (Å²) in [4.78, 5) is 11.9. The quantitative estimate of drug-likeness (QED) is 0.358. The van der Waals surface area contributed by atoms with Crippen molar-refractivity contribution in [3.05, 3.63) is 29.8 Å². The molecule has 0 heterocycles. The summed E-state index contributed by atoms with van der Waals surface area (Å²) in [6.45, 7) is 2.99. The normalized spacial score (nSPS) is 10.9. The molecule has 146 valence electrons. The molecule has 0 aliphatic rings. The molecule has 0 aliphatic heterocycles. The molecule has 0 fully saturated rings. The molecular weight excluding hydrogens is 326 g/mol. The Labute approximate surface area is 159 Å². The summed E-state index contributed by atoms with van der Waals surface area (Å²) in [5, 5.41) is 2.94. The number of ether oxygens (including phenoxy) is 2. The minimum Gasteiger partial charge on any atom is -0.493 e. The van der Waals surface area contributed by atoms with E-state index in [4.69, 9.17) is 9.47 Å². The number of hydrogen-bond acceptors (Lipinski definition) is 3. The van der Waals surface area contributed by atoms with E-state index < -0.39 is 0 Å². The van der Waals surface area contributed by atoms with Gasteiger partial charge in [0, 0.05) is 12.6 Å². The third kappa shape index (κ3) is 9.50. The number of nitrogens with one attached hydrogen (secondary N) is 1. The molecule has 1 N–H and O–H groups in total. The molecule has 0 spiro atoms. The number of amides is 1. The Morgan fingerprint density at radius 1 is 0.923 bits per heavy atom. The number of rotatable bonds is 14. The van der Waals surface area contributed by atoms with Gasteiger partial charge >= 0.3 is 0 Å². The molecule has 1 aromatic rings. The van der Waals surface area contributed by atoms with Crippen LogP contribution >= 0.6 is 0 Å². The van der Waals surface area contributed by atoms with E-state index in [2.05, 4.69) is 12.2 Å². The van der Waals surface area contributed by atoms with Crippen LogP contribution in [-0.2, 0) is 4.79 Å². The monoisotopic (exact) mass is 361 g/mol. The van der Waals surface area contributed by atoms with E-state index in [0.717, 1.165) is 18.5 Å². The van der Waals surface area contributed by atoms with Gasteiger partial charge in [0.05, 0.1) is 14.2 Å². The van der Waals surface area contributed by atoms with Gasteiger partial charge in [-0.1, -0.05) is 64.4 Å². The topological polar surface area (TPSA) is 47.6 Å². The first-order valence-electron chi connectivity index (χ1n) is 9.89. The van der Waals surface area contributed by atoms with Crippen LogP contribution in [0.15, 0.2) is 24.3 Å². The fourth-order valence-electron chi connectivity index (χ4n) is 2.83. The van der Waals surface area contributed by atoms with Crippen molar-refractivity contribution < 1.29 is 14.3 Å². The van der Waals surface area contributed by atoms with Crippen LogP contribution in [0.3, 0.4) is 0 Å². The molecule has 0 unspecified atom stereocenters. The van der Waals surface area contributed by atoms with Crippen molar-refractivity contribution in [2.24, 2.45) is 0 Å². The molecule has 0 saturated heterocycles. The second kappa shape index (κ2) is 14.2. The van der Waals surface area contributed by atoms with Gasteiger partial charge in [0.1, 0.15) is 0 Å². The minimum absolute atomic E-state index is 0.0562. The van der Waals surface area contributed by atoms with E-state index in [1.807, 2.05) is 18.2 Å². The van der Waals surface area contributed by atoms with E-state index >= 15 is 0 Å². The Morgan fingerprint density at radius 2 is 1.54 bits per heavy atom. The predicted molar refractivity (Wildman–Crippen MR) is 109 cm³/mol. The van der Waals surface area contributed by atoms with Gasteiger partial charge in [-0.2, -0.15) is 0 Å². The lowest BCUT2D eigenvalue weighted by molar-refractivity contribution is -0.116. The second-order valence-electron chi connectivity index (χ2n) is 6.57. The first-order valence-corrected chi connectivity index (χ1v) is 9.89. The van der Waals surface area contributed by atoms with Gasteiger partial charge in [-0.25, -0.2) is 0 Å². The van der Waals surface area contributed by atoms with E-state index in [1.165, 1.54) is 51.4 Å². The van der Waals surface area contributed by atoms with Crippen molar-refractivity contribution in [1.29, 1.82) is 0 Å². The van der Waals surface area contributed by atoms with Crippen molar-refractivity contribution in [3.8, 4) is 11.5 Å². The van der Waals surface area contributed by atoms with Crippen LogP contribution in [0.25, 0.3) is 6.08 Å². The average molecular weight is 362 g/mol. The van der Waals surface area contributed by atoms with Crippen LogP contribution in [0.2, 0.25) is 0 Å². The van der Waals surface area contributed by atoms with Crippen molar-refractivity contribution in [2.45, 2.75) is 64.7 Å². The Kier molecular flexibility index (Phi) is 12.1. The largest absolute Gasteiger partial charge is 0.493 e. The van der Waals surface area contributed by atoms with Crippen LogP contribution in [0, 0.1) is 0 Å². The number of methoxy groups -OCH3 is 2. The molecule has 4 heteroatoms. The zero-order valence-electron chi connectivity index (χ0n) is 16.7. The number of carbonyl (C=O) groups is 1. The van der Waals surface area contributed by atoms with Crippen LogP contribution in [0.1, 0.15) is 70.3 Å². The summed E-state index contributed by atoms with van der Waals surface area (Å²) >= 11 is 0. The number of unbranched alkanes of at least 4 members (excludes halogenated alkanes) is 8. The molecule has 1 rings (SSSR count). The molecule has 0 bridgehead atoms. The van der Waals surface area contributed by atoms with Gasteiger partial charge in [-0.05, 0) is 30.2 Å². The van der Waals surface area contributed by atoms with Crippen LogP contribution in [0.5, 0.6) is 11.5 Å². The van der Waals surface area contributed by atoms with Gasteiger partial charge in [-0.3, -0.25) is 4.79 Å². The first-order chi connectivity index (χ1) is 12.7. The number of benzene rings is 1. The van der Waals surface area contributed by atoms with Gasteiger partial charge in [-0.15, -0.1) is 0 Å². The van der Waals surface area contributed by atoms with E-state index in [-0.39, 0.29) is 5.91 Å². The van der Waals surface area contributed by atoms with E-state index in [0.29, 0.717) is 11.5 Å². The van der Waals surface area contributed by atoms with E-state index in [1.54, 1.807) is 26.4 Å². The molecule has 26 heavy (non-hydrogen) atoms. The van der Waals surface area contributed by atoms with Crippen molar-refractivity contribution in [2.75, 3.05) is 20.8 Å². The molecule has 1 amide bonds. The SMILES string of the molecule is CCCCCCCCCCCNC(=O)C=Cc1ccc(OC)c(OC)c1. The maximum atomic E-state index is 11.9. The average Bonchev–Trinajstić information content (AvgIpc) is 2.67. The fraction of sp³-hybridized carbons (Fsp3) is 0.591. The molecule has 0 radical (unpaired) electrons. The van der Waals surface area contributed by atoms with E-state index in [9.17, 15) is 4.79 Å². The van der Waals surface area contributed by atoms with Gasteiger partial charge in [0.15, 0.2) is 11.5 Å². The van der Waals surface area contributed by atoms with Gasteiger partial charge < -0.3 is 14.8 Å². The fourth-order valence-corrected chi connectivity index (χ4v) is 2.83. The number of hydrogen-bond donors (Lipinski definition) is 1. The Hall–Kier alpha value is -1.97. The molecule has 0 aliphatic carbocycles. The van der Waals surface area contributed by atoms with Crippen molar-refractivity contribution in [3.63, 3.8) is 0 Å². The standard InChI is InChI=1S/C22H35NO3/c1-4-5-6-7-8-9-10-11-12-17-23-22(24)16-14-19-13-15-20(25-2)21(18-19)26-3/h13-16,18H,4-12,17H2,1-3H3,(H,23,24). The van der Waals surface area contributed by atoms with Gasteiger partial charge in [0.25, 0.3) is 0 Å². The predicted octanol–water partition coefficient (Wildman–Crippen LogP) is 5.36. The zero-order chi connectivity index (χ0) is 19.0. The lowest BCUT2D eigenvalue weighted by Crippen LogP contribution is -2.21. The summed E-state index contributed by atoms with van der Waals surface area (Å²) in [6, 6.07) is 5.58. The second-order valence-corrected chi connectivity index (χ2v) is 6.57. The molecule has 0 aromatic heterocycles. The Morgan fingerprint density at radius 3 is 2.15 bits per heavy atom. The third-order valence-electron chi connectivity index (χ3n) is 4.41. The highest BCUT2D eigenvalue weighted by Gasteiger charge is 2.03. The third-order valence-corrected chi connectivity index (χ3v) is 4.41. The summed E-state index contributed by atoms with van der Waals surface area (Å²) in [7, 11) is 3.20. The summed E-state index contributed by atoms with van der Waals surface area (Å²) in [5.74, 6) is 1.28. The Balaban J connectivity index is 2.15. The lowest BCUT2D eigenvalue weighted by atomic mass is 10.1. The first kappa shape index (κ1) is 22.1. The van der Waals surface area contributed by atoms with Crippen molar-refractivity contribution >= 4 is 12.0 Å². The molecule has 1 aromatic carbocycles. The van der Waals surface area contributed by atoms with Crippen molar-refractivity contribution in [1.82, 2.24) is 5.32 Å². The smallest absolute Gasteiger partial charge is 0.243 e. The van der Waals surface area contributed by atoms with Crippen LogP contribution in [0.4, 0.5) is 0 Å². The molecular formula is C22H35NO3. The highest BCUT2D eigenvalue weighted by molar-refractivity contribution is 5.91. The van der Waals surface area contributed by atoms with Crippen LogP contribution < -0.4 is 14.8 Å². The highest BCUT2D eigenvalue weighted by atomic mass is 16.5. The van der Waals surface area contributed by atoms with Gasteiger partial charge in [0.2, 0.25) is 5.91 Å². The summed E-state index contributed by atoms with van der Waals surface area (Å²) in [5.41, 5.74) is 0.904. The molecule has 0 atom stereocenters. The number of carbonyl (C=O) groups excluding carboxylic acids is 1. The van der Waals surface area contributed by atoms with Crippen LogP contribution in [-0.4, -0.2) is 26.7 Å². The molecule has 0 saturated carbocycles.